The van der Waals surface area contributed by atoms with Gasteiger partial charge in [0.1, 0.15) is 5.69 Å². The largest absolute Gasteiger partial charge is 0.386 e. The third-order valence-electron chi connectivity index (χ3n) is 2.84. The van der Waals surface area contributed by atoms with Gasteiger partial charge in [-0.05, 0) is 18.2 Å². The van der Waals surface area contributed by atoms with Crippen molar-refractivity contribution >= 4 is 29.1 Å². The Morgan fingerprint density at radius 1 is 1.40 bits per heavy atom. The van der Waals surface area contributed by atoms with Crippen molar-refractivity contribution in [2.45, 2.75) is 6.10 Å². The van der Waals surface area contributed by atoms with Crippen LogP contribution < -0.4 is 5.32 Å². The predicted molar refractivity (Wildman–Crippen MR) is 77.0 cm³/mol. The highest BCUT2D eigenvalue weighted by atomic mass is 35.5. The van der Waals surface area contributed by atoms with Crippen LogP contribution in [0.25, 0.3) is 0 Å². The van der Waals surface area contributed by atoms with Gasteiger partial charge in [0, 0.05) is 35.4 Å². The molecular weight excluding hydrogens is 301 g/mol. The second kappa shape index (κ2) is 6.26. The Kier molecular flexibility index (Phi) is 4.65. The zero-order chi connectivity index (χ0) is 14.7. The van der Waals surface area contributed by atoms with Crippen LogP contribution in [0.1, 0.15) is 22.2 Å². The van der Waals surface area contributed by atoms with Crippen molar-refractivity contribution in [3.8, 4) is 0 Å². The number of aromatic nitrogens is 2. The van der Waals surface area contributed by atoms with Crippen molar-refractivity contribution in [3.63, 3.8) is 0 Å². The molecule has 2 rings (SSSR count). The number of nitrogens with one attached hydrogen (secondary N) is 1. The van der Waals surface area contributed by atoms with E-state index in [1.165, 1.54) is 10.9 Å². The molecule has 0 saturated carbocycles. The lowest BCUT2D eigenvalue weighted by molar-refractivity contribution is 0.0907. The first kappa shape index (κ1) is 14.8. The highest BCUT2D eigenvalue weighted by molar-refractivity contribution is 6.36. The Morgan fingerprint density at radius 3 is 2.60 bits per heavy atom. The van der Waals surface area contributed by atoms with E-state index in [0.717, 1.165) is 0 Å². The second-order valence-electron chi connectivity index (χ2n) is 4.20. The topological polar surface area (TPSA) is 67.2 Å². The normalized spacial score (nSPS) is 12.2. The molecule has 0 fully saturated rings. The molecule has 0 aliphatic heterocycles. The molecule has 0 bridgehead atoms. The number of carbonyl (C=O) groups is 1. The highest BCUT2D eigenvalue weighted by Crippen LogP contribution is 2.29. The van der Waals surface area contributed by atoms with E-state index >= 15 is 0 Å². The number of benzene rings is 1. The van der Waals surface area contributed by atoms with E-state index in [2.05, 4.69) is 10.4 Å². The molecule has 0 spiro atoms. The summed E-state index contributed by atoms with van der Waals surface area (Å²) in [5, 5.41) is 17.3. The molecule has 2 aromatic rings. The fourth-order valence-corrected chi connectivity index (χ4v) is 2.46. The average molecular weight is 314 g/mol. The zero-order valence-corrected chi connectivity index (χ0v) is 12.2. The molecule has 20 heavy (non-hydrogen) atoms. The van der Waals surface area contributed by atoms with Crippen LogP contribution in [0.5, 0.6) is 0 Å². The zero-order valence-electron chi connectivity index (χ0n) is 10.7. The van der Waals surface area contributed by atoms with Gasteiger partial charge >= 0.3 is 0 Å². The molecule has 0 radical (unpaired) electrons. The molecule has 1 aromatic heterocycles. The molecule has 106 valence electrons. The number of rotatable bonds is 4. The van der Waals surface area contributed by atoms with E-state index in [-0.39, 0.29) is 12.5 Å². The first-order valence-electron chi connectivity index (χ1n) is 5.89. The van der Waals surface area contributed by atoms with Gasteiger partial charge in [0.05, 0.1) is 6.10 Å². The lowest BCUT2D eigenvalue weighted by atomic mass is 10.1. The smallest absolute Gasteiger partial charge is 0.269 e. The van der Waals surface area contributed by atoms with Crippen LogP contribution in [0.4, 0.5) is 0 Å². The first-order valence-corrected chi connectivity index (χ1v) is 6.64. The van der Waals surface area contributed by atoms with E-state index in [4.69, 9.17) is 23.2 Å². The summed E-state index contributed by atoms with van der Waals surface area (Å²) in [7, 11) is 1.66. The van der Waals surface area contributed by atoms with E-state index in [1.54, 1.807) is 31.3 Å². The molecule has 2 N–H and O–H groups in total. The van der Waals surface area contributed by atoms with Gasteiger partial charge < -0.3 is 10.4 Å². The van der Waals surface area contributed by atoms with Crippen LogP contribution in [-0.4, -0.2) is 27.3 Å². The van der Waals surface area contributed by atoms with Gasteiger partial charge in [-0.2, -0.15) is 5.10 Å². The summed E-state index contributed by atoms with van der Waals surface area (Å²) in [6.45, 7) is 0.00741. The van der Waals surface area contributed by atoms with Crippen molar-refractivity contribution in [2.75, 3.05) is 6.54 Å². The lowest BCUT2D eigenvalue weighted by Crippen LogP contribution is -2.30. The quantitative estimate of drug-likeness (QED) is 0.909. The molecular formula is C13H13Cl2N3O2. The van der Waals surface area contributed by atoms with E-state index in [0.29, 0.717) is 21.3 Å². The molecule has 1 atom stereocenters. The molecule has 1 heterocycles. The Labute approximate surface area is 126 Å². The Balaban J connectivity index is 2.04. The molecule has 0 aliphatic rings. The Bertz CT molecular complexity index is 608. The third kappa shape index (κ3) is 3.12. The third-order valence-corrected chi connectivity index (χ3v) is 3.50. The summed E-state index contributed by atoms with van der Waals surface area (Å²) in [6.07, 6.45) is 0.546. The fraction of sp³-hybridized carbons (Fsp3) is 0.231. The van der Waals surface area contributed by atoms with Gasteiger partial charge in [0.25, 0.3) is 5.91 Å². The number of nitrogens with zero attached hydrogens (tertiary/aromatic N) is 2. The summed E-state index contributed by atoms with van der Waals surface area (Å²) >= 11 is 12.0. The van der Waals surface area contributed by atoms with E-state index < -0.39 is 6.10 Å². The number of aliphatic hydroxyl groups excluding tert-OH is 1. The Morgan fingerprint density at radius 2 is 2.05 bits per heavy atom. The van der Waals surface area contributed by atoms with Crippen molar-refractivity contribution in [1.82, 2.24) is 15.1 Å². The van der Waals surface area contributed by atoms with Gasteiger partial charge in [-0.1, -0.05) is 29.3 Å². The summed E-state index contributed by atoms with van der Waals surface area (Å²) < 4.78 is 1.45. The number of carbonyl (C=O) groups excluding carboxylic acids is 1. The molecule has 7 heteroatoms. The van der Waals surface area contributed by atoms with Crippen LogP contribution in [0.3, 0.4) is 0 Å². The highest BCUT2D eigenvalue weighted by Gasteiger charge is 2.17. The Hall–Kier alpha value is -1.56. The van der Waals surface area contributed by atoms with Crippen LogP contribution >= 0.6 is 23.2 Å². The average Bonchev–Trinajstić information content (AvgIpc) is 2.82. The lowest BCUT2D eigenvalue weighted by Gasteiger charge is -2.15. The summed E-state index contributed by atoms with van der Waals surface area (Å²) in [5.74, 6) is -0.327. The minimum Gasteiger partial charge on any atom is -0.386 e. The second-order valence-corrected chi connectivity index (χ2v) is 5.02. The van der Waals surface area contributed by atoms with Crippen LogP contribution in [0.2, 0.25) is 10.0 Å². The van der Waals surface area contributed by atoms with Gasteiger partial charge in [-0.15, -0.1) is 0 Å². The van der Waals surface area contributed by atoms with Crippen LogP contribution in [0.15, 0.2) is 30.5 Å². The van der Waals surface area contributed by atoms with Crippen molar-refractivity contribution in [2.24, 2.45) is 7.05 Å². The number of aryl methyl sites for hydroxylation is 1. The minimum absolute atomic E-state index is 0.00741. The molecule has 5 nitrogen and oxygen atoms in total. The number of hydrogen-bond donors (Lipinski definition) is 2. The number of hydrogen-bond acceptors (Lipinski definition) is 3. The summed E-state index contributed by atoms with van der Waals surface area (Å²) in [6, 6.07) is 6.54. The molecule has 0 aliphatic carbocycles. The number of amides is 1. The van der Waals surface area contributed by atoms with Crippen LogP contribution in [-0.2, 0) is 7.05 Å². The van der Waals surface area contributed by atoms with Gasteiger partial charge in [-0.25, -0.2) is 0 Å². The van der Waals surface area contributed by atoms with Crippen molar-refractivity contribution < 1.29 is 9.90 Å². The van der Waals surface area contributed by atoms with Gasteiger partial charge in [-0.3, -0.25) is 9.48 Å². The van der Waals surface area contributed by atoms with Gasteiger partial charge in [0.15, 0.2) is 0 Å². The fourth-order valence-electron chi connectivity index (χ4n) is 1.81. The van der Waals surface area contributed by atoms with Crippen molar-refractivity contribution in [1.29, 1.82) is 0 Å². The number of aliphatic hydroxyl groups is 1. The van der Waals surface area contributed by atoms with E-state index in [1.807, 2.05) is 0 Å². The maximum atomic E-state index is 11.9. The molecule has 1 aromatic carbocycles. The van der Waals surface area contributed by atoms with Crippen LogP contribution in [0, 0.1) is 0 Å². The maximum absolute atomic E-state index is 11.9. The SMILES string of the molecule is Cn1nccc1C(=O)NCC(O)c1c(Cl)cccc1Cl. The predicted octanol–water partition coefficient (Wildman–Crippen LogP) is 2.19. The summed E-state index contributed by atoms with van der Waals surface area (Å²) in [5.41, 5.74) is 0.809. The molecule has 1 unspecified atom stereocenters. The first-order chi connectivity index (χ1) is 9.50. The minimum atomic E-state index is -0.978. The summed E-state index contributed by atoms with van der Waals surface area (Å²) in [4.78, 5) is 11.9. The maximum Gasteiger partial charge on any atom is 0.269 e. The standard InChI is InChI=1S/C13H13Cl2N3O2/c1-18-10(5-6-17-18)13(20)16-7-11(19)12-8(14)3-2-4-9(12)15/h2-6,11,19H,7H2,1H3,(H,16,20). The monoisotopic (exact) mass is 313 g/mol. The molecule has 0 saturated heterocycles. The number of halogens is 2. The van der Waals surface area contributed by atoms with Crippen molar-refractivity contribution in [3.05, 3.63) is 51.8 Å². The van der Waals surface area contributed by atoms with Gasteiger partial charge in [0.2, 0.25) is 0 Å². The van der Waals surface area contributed by atoms with E-state index in [9.17, 15) is 9.90 Å². The molecule has 1 amide bonds.